The minimum atomic E-state index is -1.40. The van der Waals surface area contributed by atoms with Gasteiger partial charge in [-0.1, -0.05) is 12.1 Å². The van der Waals surface area contributed by atoms with Crippen molar-refractivity contribution in [3.05, 3.63) is 39.4 Å². The molecule has 1 N–H and O–H groups in total. The van der Waals surface area contributed by atoms with Crippen LogP contribution >= 0.6 is 0 Å². The van der Waals surface area contributed by atoms with E-state index in [1.165, 1.54) is 19.2 Å². The number of rotatable bonds is 7. The zero-order valence-electron chi connectivity index (χ0n) is 10.2. The minimum Gasteiger partial charge on any atom is -0.477 e. The van der Waals surface area contributed by atoms with Gasteiger partial charge in [0.05, 0.1) is 11.5 Å². The summed E-state index contributed by atoms with van der Waals surface area (Å²) in [5.74, 6) is -1.20. The van der Waals surface area contributed by atoms with Crippen molar-refractivity contribution in [2.75, 3.05) is 19.5 Å². The summed E-state index contributed by atoms with van der Waals surface area (Å²) in [5.41, 5.74) is -0.705. The Labute approximate surface area is 111 Å². The number of ether oxygens (including phenoxy) is 1. The molecule has 0 aliphatic heterocycles. The number of hydrogen-bond acceptors (Lipinski definition) is 5. The number of aromatic carboxylic acids is 1. The van der Waals surface area contributed by atoms with Gasteiger partial charge in [-0.2, -0.15) is 0 Å². The molecule has 0 amide bonds. The molecule has 0 bridgehead atoms. The van der Waals surface area contributed by atoms with Crippen LogP contribution in [0.15, 0.2) is 18.2 Å². The van der Waals surface area contributed by atoms with Gasteiger partial charge in [0.2, 0.25) is 0 Å². The van der Waals surface area contributed by atoms with Crippen LogP contribution in [-0.2, 0) is 21.3 Å². The summed E-state index contributed by atoms with van der Waals surface area (Å²) in [6, 6.07) is 3.93. The Morgan fingerprint density at radius 3 is 2.74 bits per heavy atom. The first-order chi connectivity index (χ1) is 8.97. The molecule has 0 radical (unpaired) electrons. The quantitative estimate of drug-likeness (QED) is 0.596. The third-order valence-electron chi connectivity index (χ3n) is 2.37. The molecule has 104 valence electrons. The van der Waals surface area contributed by atoms with E-state index in [4.69, 9.17) is 9.84 Å². The molecule has 1 aromatic rings. The third-order valence-corrected chi connectivity index (χ3v) is 3.63. The lowest BCUT2D eigenvalue weighted by Crippen LogP contribution is -2.11. The Kier molecular flexibility index (Phi) is 5.58. The van der Waals surface area contributed by atoms with E-state index in [-0.39, 0.29) is 23.7 Å². The molecule has 0 aliphatic carbocycles. The number of nitrogens with zero attached hydrogens (tertiary/aromatic N) is 1. The van der Waals surface area contributed by atoms with Crippen LogP contribution in [0.3, 0.4) is 0 Å². The highest BCUT2D eigenvalue weighted by molar-refractivity contribution is 7.84. The summed E-state index contributed by atoms with van der Waals surface area (Å²) in [7, 11) is 0.135. The van der Waals surface area contributed by atoms with Crippen molar-refractivity contribution in [1.29, 1.82) is 0 Å². The molecule has 0 aromatic heterocycles. The van der Waals surface area contributed by atoms with Crippen LogP contribution in [0.25, 0.3) is 0 Å². The van der Waals surface area contributed by atoms with E-state index in [9.17, 15) is 19.1 Å². The monoisotopic (exact) mass is 287 g/mol. The first-order valence-corrected chi connectivity index (χ1v) is 6.79. The lowest BCUT2D eigenvalue weighted by Gasteiger charge is -2.06. The summed E-state index contributed by atoms with van der Waals surface area (Å²) in [6.45, 7) is 0.282. The molecule has 19 heavy (non-hydrogen) atoms. The van der Waals surface area contributed by atoms with Gasteiger partial charge in [-0.15, -0.1) is 0 Å². The standard InChI is InChI=1S/C11H13NO6S/c1-18-5-6-19(17)7-8-3-2-4-9(12(15)16)10(8)11(13)14/h2-4H,5-7H2,1H3,(H,13,14). The molecule has 8 heteroatoms. The molecule has 0 fully saturated rings. The van der Waals surface area contributed by atoms with Crippen LogP contribution in [-0.4, -0.2) is 39.7 Å². The second-order valence-corrected chi connectivity index (χ2v) is 5.23. The van der Waals surface area contributed by atoms with E-state index in [0.29, 0.717) is 0 Å². The maximum absolute atomic E-state index is 11.7. The Balaban J connectivity index is 3.07. The fraction of sp³-hybridized carbons (Fsp3) is 0.364. The van der Waals surface area contributed by atoms with E-state index in [1.54, 1.807) is 0 Å². The van der Waals surface area contributed by atoms with Gasteiger partial charge in [0, 0.05) is 35.5 Å². The van der Waals surface area contributed by atoms with Crippen LogP contribution < -0.4 is 0 Å². The number of carboxylic acid groups (broad SMARTS) is 1. The smallest absolute Gasteiger partial charge is 0.343 e. The maximum atomic E-state index is 11.7. The maximum Gasteiger partial charge on any atom is 0.343 e. The van der Waals surface area contributed by atoms with E-state index >= 15 is 0 Å². The molecule has 0 saturated heterocycles. The van der Waals surface area contributed by atoms with E-state index < -0.39 is 32.9 Å². The van der Waals surface area contributed by atoms with Crippen molar-refractivity contribution < 1.29 is 23.8 Å². The topological polar surface area (TPSA) is 107 Å². The molecule has 0 aliphatic rings. The van der Waals surface area contributed by atoms with E-state index in [1.807, 2.05) is 0 Å². The number of nitro groups is 1. The predicted octanol–water partition coefficient (Wildman–Crippen LogP) is 1.19. The molecule has 0 heterocycles. The van der Waals surface area contributed by atoms with Gasteiger partial charge in [-0.25, -0.2) is 4.79 Å². The van der Waals surface area contributed by atoms with Gasteiger partial charge in [-0.05, 0) is 5.56 Å². The van der Waals surface area contributed by atoms with Gasteiger partial charge in [0.15, 0.2) is 0 Å². The molecular weight excluding hydrogens is 274 g/mol. The Hall–Kier alpha value is -1.80. The van der Waals surface area contributed by atoms with Crippen molar-refractivity contribution >= 4 is 22.5 Å². The van der Waals surface area contributed by atoms with Crippen LogP contribution in [0.4, 0.5) is 5.69 Å². The number of carboxylic acids is 1. The summed E-state index contributed by atoms with van der Waals surface area (Å²) in [6.07, 6.45) is 0. The number of carbonyl (C=O) groups is 1. The zero-order valence-corrected chi connectivity index (χ0v) is 11.0. The normalized spacial score (nSPS) is 12.1. The van der Waals surface area contributed by atoms with Crippen molar-refractivity contribution in [1.82, 2.24) is 0 Å². The van der Waals surface area contributed by atoms with Gasteiger partial charge >= 0.3 is 5.97 Å². The average molecular weight is 287 g/mol. The molecule has 1 atom stereocenters. The van der Waals surface area contributed by atoms with Crippen LogP contribution in [0.5, 0.6) is 0 Å². The lowest BCUT2D eigenvalue weighted by molar-refractivity contribution is -0.385. The molecule has 0 spiro atoms. The second kappa shape index (κ2) is 6.95. The molecule has 0 saturated carbocycles. The average Bonchev–Trinajstić information content (AvgIpc) is 2.35. The van der Waals surface area contributed by atoms with Crippen molar-refractivity contribution in [3.8, 4) is 0 Å². The highest BCUT2D eigenvalue weighted by Crippen LogP contribution is 2.23. The first-order valence-electron chi connectivity index (χ1n) is 5.30. The molecule has 7 nitrogen and oxygen atoms in total. The molecular formula is C11H13NO6S. The van der Waals surface area contributed by atoms with Crippen LogP contribution in [0.2, 0.25) is 0 Å². The van der Waals surface area contributed by atoms with Crippen LogP contribution in [0, 0.1) is 10.1 Å². The Morgan fingerprint density at radius 1 is 1.53 bits per heavy atom. The fourth-order valence-corrected chi connectivity index (χ4v) is 2.61. The van der Waals surface area contributed by atoms with Gasteiger partial charge in [0.25, 0.3) is 5.69 Å². The summed E-state index contributed by atoms with van der Waals surface area (Å²) in [4.78, 5) is 21.1. The van der Waals surface area contributed by atoms with E-state index in [0.717, 1.165) is 6.07 Å². The van der Waals surface area contributed by atoms with Crippen molar-refractivity contribution in [2.45, 2.75) is 5.75 Å². The zero-order chi connectivity index (χ0) is 14.4. The lowest BCUT2D eigenvalue weighted by atomic mass is 10.1. The summed E-state index contributed by atoms with van der Waals surface area (Å²) >= 11 is 0. The Morgan fingerprint density at radius 2 is 2.21 bits per heavy atom. The summed E-state index contributed by atoms with van der Waals surface area (Å²) < 4.78 is 16.5. The van der Waals surface area contributed by atoms with Crippen molar-refractivity contribution in [3.63, 3.8) is 0 Å². The SMILES string of the molecule is COCCS(=O)Cc1cccc([N+](=O)[O-])c1C(=O)O. The van der Waals surface area contributed by atoms with Gasteiger partial charge in [0.1, 0.15) is 5.56 Å². The van der Waals surface area contributed by atoms with Gasteiger partial charge < -0.3 is 9.84 Å². The second-order valence-electron chi connectivity index (χ2n) is 3.65. The number of nitro benzene ring substituents is 1. The molecule has 1 aromatic carbocycles. The molecule has 1 rings (SSSR count). The highest BCUT2D eigenvalue weighted by Gasteiger charge is 2.24. The number of benzene rings is 1. The fourth-order valence-electron chi connectivity index (χ4n) is 1.53. The van der Waals surface area contributed by atoms with E-state index in [2.05, 4.69) is 0 Å². The first kappa shape index (κ1) is 15.3. The third kappa shape index (κ3) is 4.11. The predicted molar refractivity (Wildman–Crippen MR) is 68.6 cm³/mol. The molecule has 1 unspecified atom stereocenters. The summed E-state index contributed by atoms with van der Waals surface area (Å²) in [5, 5.41) is 19.8. The van der Waals surface area contributed by atoms with Gasteiger partial charge in [-0.3, -0.25) is 14.3 Å². The number of methoxy groups -OCH3 is 1. The minimum absolute atomic E-state index is 0.0489. The van der Waals surface area contributed by atoms with Crippen LogP contribution in [0.1, 0.15) is 15.9 Å². The Bertz CT molecular complexity index is 516. The number of hydrogen-bond donors (Lipinski definition) is 1. The van der Waals surface area contributed by atoms with Crippen molar-refractivity contribution in [2.24, 2.45) is 0 Å². The largest absolute Gasteiger partial charge is 0.477 e. The highest BCUT2D eigenvalue weighted by atomic mass is 32.2.